The van der Waals surface area contributed by atoms with Gasteiger partial charge in [0, 0.05) is 11.0 Å². The van der Waals surface area contributed by atoms with Crippen LogP contribution < -0.4 is 9.46 Å². The molecule has 0 aliphatic rings. The van der Waals surface area contributed by atoms with Crippen molar-refractivity contribution in [2.75, 3.05) is 7.11 Å². The molecular formula is C18H16BrNO3S. The van der Waals surface area contributed by atoms with Gasteiger partial charge < -0.3 is 4.74 Å². The van der Waals surface area contributed by atoms with Crippen molar-refractivity contribution in [3.05, 3.63) is 70.7 Å². The van der Waals surface area contributed by atoms with Crippen LogP contribution in [0.15, 0.2) is 70.0 Å². The van der Waals surface area contributed by atoms with Crippen molar-refractivity contribution in [1.82, 2.24) is 4.72 Å². The summed E-state index contributed by atoms with van der Waals surface area (Å²) in [6.07, 6.45) is 0. The lowest BCUT2D eigenvalue weighted by atomic mass is 10.1. The van der Waals surface area contributed by atoms with Gasteiger partial charge in [-0.25, -0.2) is 13.1 Å². The number of ether oxygens (including phenoxy) is 1. The SMILES string of the molecule is COc1ccc2cc(CNS(=O)(=O)c3cccc(Br)c3)ccc2c1. The van der Waals surface area contributed by atoms with E-state index in [1.807, 2.05) is 36.4 Å². The van der Waals surface area contributed by atoms with E-state index in [9.17, 15) is 8.42 Å². The molecule has 3 aromatic rings. The average Bonchev–Trinajstić information content (AvgIpc) is 2.59. The maximum atomic E-state index is 12.4. The third-order valence-electron chi connectivity index (χ3n) is 3.68. The number of halogens is 1. The zero-order valence-electron chi connectivity index (χ0n) is 13.0. The molecule has 6 heteroatoms. The van der Waals surface area contributed by atoms with Gasteiger partial charge in [0.05, 0.1) is 12.0 Å². The number of hydrogen-bond acceptors (Lipinski definition) is 3. The Labute approximate surface area is 149 Å². The molecule has 0 unspecified atom stereocenters. The quantitative estimate of drug-likeness (QED) is 0.695. The van der Waals surface area contributed by atoms with Crippen molar-refractivity contribution in [3.8, 4) is 5.75 Å². The molecule has 0 saturated carbocycles. The number of rotatable bonds is 5. The minimum Gasteiger partial charge on any atom is -0.497 e. The van der Waals surface area contributed by atoms with E-state index in [0.29, 0.717) is 0 Å². The van der Waals surface area contributed by atoms with Gasteiger partial charge in [0.15, 0.2) is 0 Å². The monoisotopic (exact) mass is 405 g/mol. The second kappa shape index (κ2) is 6.93. The Morgan fingerprint density at radius 1 is 1.00 bits per heavy atom. The molecule has 1 N–H and O–H groups in total. The first-order valence-corrected chi connectivity index (χ1v) is 9.57. The molecule has 0 aliphatic carbocycles. The van der Waals surface area contributed by atoms with Gasteiger partial charge in [-0.2, -0.15) is 0 Å². The molecular weight excluding hydrogens is 390 g/mol. The molecule has 3 rings (SSSR count). The second-order valence-corrected chi connectivity index (χ2v) is 8.01. The van der Waals surface area contributed by atoms with Gasteiger partial charge in [0.25, 0.3) is 0 Å². The maximum Gasteiger partial charge on any atom is 0.240 e. The largest absolute Gasteiger partial charge is 0.497 e. The van der Waals surface area contributed by atoms with Gasteiger partial charge in [-0.3, -0.25) is 0 Å². The lowest BCUT2D eigenvalue weighted by Crippen LogP contribution is -2.23. The van der Waals surface area contributed by atoms with Crippen molar-refractivity contribution in [2.24, 2.45) is 0 Å². The van der Waals surface area contributed by atoms with Gasteiger partial charge in [0.2, 0.25) is 10.0 Å². The number of methoxy groups -OCH3 is 1. The summed E-state index contributed by atoms with van der Waals surface area (Å²) < 4.78 is 33.3. The average molecular weight is 406 g/mol. The number of benzene rings is 3. The Bertz CT molecular complexity index is 986. The minimum absolute atomic E-state index is 0.233. The van der Waals surface area contributed by atoms with Crippen LogP contribution in [0.4, 0.5) is 0 Å². The molecule has 0 fully saturated rings. The number of nitrogens with one attached hydrogen (secondary N) is 1. The van der Waals surface area contributed by atoms with E-state index in [0.717, 1.165) is 26.6 Å². The topological polar surface area (TPSA) is 55.4 Å². The van der Waals surface area contributed by atoms with Crippen LogP contribution in [0.5, 0.6) is 5.75 Å². The summed E-state index contributed by atoms with van der Waals surface area (Å²) in [5.41, 5.74) is 0.895. The van der Waals surface area contributed by atoms with Crippen LogP contribution in [0, 0.1) is 0 Å². The Morgan fingerprint density at radius 3 is 2.50 bits per heavy atom. The summed E-state index contributed by atoms with van der Waals surface area (Å²) in [5, 5.41) is 2.09. The van der Waals surface area contributed by atoms with Gasteiger partial charge >= 0.3 is 0 Å². The van der Waals surface area contributed by atoms with E-state index in [2.05, 4.69) is 20.7 Å². The van der Waals surface area contributed by atoms with Crippen molar-refractivity contribution in [3.63, 3.8) is 0 Å². The van der Waals surface area contributed by atoms with Crippen LogP contribution in [0.3, 0.4) is 0 Å². The van der Waals surface area contributed by atoms with Crippen molar-refractivity contribution < 1.29 is 13.2 Å². The van der Waals surface area contributed by atoms with E-state index < -0.39 is 10.0 Å². The normalized spacial score (nSPS) is 11.6. The van der Waals surface area contributed by atoms with E-state index in [4.69, 9.17) is 4.74 Å². The van der Waals surface area contributed by atoms with Crippen LogP contribution in [-0.2, 0) is 16.6 Å². The van der Waals surface area contributed by atoms with Crippen LogP contribution in [0.2, 0.25) is 0 Å². The Hall–Kier alpha value is -1.89. The first-order valence-electron chi connectivity index (χ1n) is 7.30. The molecule has 0 heterocycles. The fourth-order valence-electron chi connectivity index (χ4n) is 2.41. The summed E-state index contributed by atoms with van der Waals surface area (Å²) >= 11 is 3.29. The summed E-state index contributed by atoms with van der Waals surface area (Å²) in [4.78, 5) is 0.238. The summed E-state index contributed by atoms with van der Waals surface area (Å²) in [6.45, 7) is 0.233. The molecule has 0 aliphatic heterocycles. The lowest BCUT2D eigenvalue weighted by Gasteiger charge is -2.09. The predicted octanol–water partition coefficient (Wildman–Crippen LogP) is 4.09. The third-order valence-corrected chi connectivity index (χ3v) is 5.58. The summed E-state index contributed by atoms with van der Waals surface area (Å²) in [6, 6.07) is 18.3. The van der Waals surface area contributed by atoms with Crippen molar-refractivity contribution in [2.45, 2.75) is 11.4 Å². The molecule has 4 nitrogen and oxygen atoms in total. The molecule has 0 saturated heterocycles. The van der Waals surface area contributed by atoms with Gasteiger partial charge in [-0.05, 0) is 52.7 Å². The Morgan fingerprint density at radius 2 is 1.75 bits per heavy atom. The van der Waals surface area contributed by atoms with Crippen molar-refractivity contribution in [1.29, 1.82) is 0 Å². The maximum absolute atomic E-state index is 12.4. The Kier molecular flexibility index (Phi) is 4.89. The molecule has 124 valence electrons. The summed E-state index contributed by atoms with van der Waals surface area (Å²) in [7, 11) is -1.91. The minimum atomic E-state index is -3.54. The van der Waals surface area contributed by atoms with E-state index in [-0.39, 0.29) is 11.4 Å². The van der Waals surface area contributed by atoms with E-state index in [1.165, 1.54) is 0 Å². The van der Waals surface area contributed by atoms with Gasteiger partial charge in [-0.1, -0.05) is 40.2 Å². The zero-order valence-corrected chi connectivity index (χ0v) is 15.4. The van der Waals surface area contributed by atoms with Crippen LogP contribution in [-0.4, -0.2) is 15.5 Å². The van der Waals surface area contributed by atoms with Crippen LogP contribution >= 0.6 is 15.9 Å². The molecule has 0 bridgehead atoms. The second-order valence-electron chi connectivity index (χ2n) is 5.33. The highest BCUT2D eigenvalue weighted by molar-refractivity contribution is 9.10. The number of sulfonamides is 1. The lowest BCUT2D eigenvalue weighted by molar-refractivity contribution is 0.415. The molecule has 24 heavy (non-hydrogen) atoms. The zero-order chi connectivity index (χ0) is 17.2. The van der Waals surface area contributed by atoms with E-state index in [1.54, 1.807) is 31.4 Å². The standard InChI is InChI=1S/C18H16BrNO3S/c1-23-17-8-7-14-9-13(5-6-15(14)10-17)12-20-24(21,22)18-4-2-3-16(19)11-18/h2-11,20H,12H2,1H3. The molecule has 0 aromatic heterocycles. The molecule has 0 amide bonds. The molecule has 3 aromatic carbocycles. The third kappa shape index (κ3) is 3.77. The van der Waals surface area contributed by atoms with E-state index >= 15 is 0 Å². The van der Waals surface area contributed by atoms with Gasteiger partial charge in [0.1, 0.15) is 5.75 Å². The smallest absolute Gasteiger partial charge is 0.240 e. The first kappa shape index (κ1) is 17.0. The first-order chi connectivity index (χ1) is 11.5. The predicted molar refractivity (Wildman–Crippen MR) is 98.7 cm³/mol. The van der Waals surface area contributed by atoms with Crippen LogP contribution in [0.1, 0.15) is 5.56 Å². The summed E-state index contributed by atoms with van der Waals surface area (Å²) in [5.74, 6) is 0.797. The van der Waals surface area contributed by atoms with Gasteiger partial charge in [-0.15, -0.1) is 0 Å². The molecule has 0 atom stereocenters. The highest BCUT2D eigenvalue weighted by Crippen LogP contribution is 2.22. The number of hydrogen-bond donors (Lipinski definition) is 1. The number of fused-ring (bicyclic) bond motifs is 1. The highest BCUT2D eigenvalue weighted by Gasteiger charge is 2.13. The molecule has 0 spiro atoms. The fourth-order valence-corrected chi connectivity index (χ4v) is 4.02. The van der Waals surface area contributed by atoms with Crippen molar-refractivity contribution >= 4 is 36.7 Å². The fraction of sp³-hybridized carbons (Fsp3) is 0.111. The van der Waals surface area contributed by atoms with Crippen LogP contribution in [0.25, 0.3) is 10.8 Å². The highest BCUT2D eigenvalue weighted by atomic mass is 79.9. The Balaban J connectivity index is 1.80. The molecule has 0 radical (unpaired) electrons.